The Labute approximate surface area is 171 Å². The third kappa shape index (κ3) is 3.90. The molecular formula is C22H19N3O3S. The highest BCUT2D eigenvalue weighted by Crippen LogP contribution is 2.28. The Morgan fingerprint density at radius 2 is 1.90 bits per heavy atom. The van der Waals surface area contributed by atoms with Crippen LogP contribution in [0.3, 0.4) is 0 Å². The van der Waals surface area contributed by atoms with Gasteiger partial charge in [-0.15, -0.1) is 11.3 Å². The number of hydrogen-bond acceptors (Lipinski definition) is 6. The predicted molar refractivity (Wildman–Crippen MR) is 116 cm³/mol. The highest BCUT2D eigenvalue weighted by Gasteiger charge is 2.13. The molecule has 4 rings (SSSR count). The van der Waals surface area contributed by atoms with E-state index in [1.807, 2.05) is 53.9 Å². The predicted octanol–water partition coefficient (Wildman–Crippen LogP) is 3.95. The summed E-state index contributed by atoms with van der Waals surface area (Å²) in [5.74, 6) is 1.83. The highest BCUT2D eigenvalue weighted by atomic mass is 32.1. The van der Waals surface area contributed by atoms with E-state index in [9.17, 15) is 4.79 Å². The van der Waals surface area contributed by atoms with Crippen LogP contribution in [0.5, 0.6) is 11.5 Å². The number of ether oxygens (including phenoxy) is 2. The Morgan fingerprint density at radius 3 is 2.66 bits per heavy atom. The van der Waals surface area contributed by atoms with Gasteiger partial charge in [-0.3, -0.25) is 4.79 Å². The van der Waals surface area contributed by atoms with Crippen molar-refractivity contribution in [2.75, 3.05) is 14.2 Å². The molecule has 0 atom stereocenters. The van der Waals surface area contributed by atoms with E-state index in [2.05, 4.69) is 5.10 Å². The molecule has 2 heterocycles. The van der Waals surface area contributed by atoms with Crippen molar-refractivity contribution in [1.82, 2.24) is 9.66 Å². The van der Waals surface area contributed by atoms with E-state index in [-0.39, 0.29) is 5.56 Å². The lowest BCUT2D eigenvalue weighted by Crippen LogP contribution is -2.22. The van der Waals surface area contributed by atoms with Gasteiger partial charge in [0.1, 0.15) is 5.82 Å². The molecule has 0 saturated heterocycles. The number of aromatic nitrogens is 2. The molecule has 0 N–H and O–H groups in total. The first-order chi connectivity index (χ1) is 14.2. The van der Waals surface area contributed by atoms with Crippen molar-refractivity contribution in [2.24, 2.45) is 5.10 Å². The summed E-state index contributed by atoms with van der Waals surface area (Å²) in [6.07, 6.45) is 2.10. The van der Waals surface area contributed by atoms with Crippen molar-refractivity contribution in [3.05, 3.63) is 86.6 Å². The molecule has 2 aromatic carbocycles. The molecule has 146 valence electrons. The number of thiophene rings is 1. The molecule has 0 unspecified atom stereocenters. The van der Waals surface area contributed by atoms with Crippen molar-refractivity contribution < 1.29 is 9.47 Å². The first-order valence-corrected chi connectivity index (χ1v) is 9.87. The summed E-state index contributed by atoms with van der Waals surface area (Å²) in [6.45, 7) is 0. The van der Waals surface area contributed by atoms with E-state index in [0.717, 1.165) is 10.4 Å². The molecule has 2 aromatic heterocycles. The van der Waals surface area contributed by atoms with E-state index in [1.165, 1.54) is 4.68 Å². The minimum absolute atomic E-state index is 0.195. The monoisotopic (exact) mass is 405 g/mol. The first kappa shape index (κ1) is 18.9. The molecule has 29 heavy (non-hydrogen) atoms. The summed E-state index contributed by atoms with van der Waals surface area (Å²) in [4.78, 5) is 18.8. The van der Waals surface area contributed by atoms with E-state index in [4.69, 9.17) is 14.5 Å². The maximum atomic E-state index is 13.1. The maximum Gasteiger partial charge on any atom is 0.282 e. The molecular weight excluding hydrogens is 386 g/mol. The van der Waals surface area contributed by atoms with Gasteiger partial charge < -0.3 is 9.47 Å². The number of rotatable bonds is 6. The zero-order valence-corrected chi connectivity index (χ0v) is 16.8. The fourth-order valence-corrected chi connectivity index (χ4v) is 3.64. The minimum Gasteiger partial charge on any atom is -0.493 e. The Balaban J connectivity index is 1.82. The maximum absolute atomic E-state index is 13.1. The average Bonchev–Trinajstić information content (AvgIpc) is 3.27. The van der Waals surface area contributed by atoms with Crippen molar-refractivity contribution >= 4 is 28.5 Å². The number of hydrogen-bond donors (Lipinski definition) is 0. The lowest BCUT2D eigenvalue weighted by atomic mass is 10.1. The van der Waals surface area contributed by atoms with Gasteiger partial charge in [0.05, 0.1) is 31.3 Å². The van der Waals surface area contributed by atoms with Crippen LogP contribution in [0.4, 0.5) is 0 Å². The van der Waals surface area contributed by atoms with Gasteiger partial charge in [-0.2, -0.15) is 9.78 Å². The fourth-order valence-electron chi connectivity index (χ4n) is 3.06. The second-order valence-electron chi connectivity index (χ2n) is 6.29. The Morgan fingerprint density at radius 1 is 1.07 bits per heavy atom. The fraction of sp³-hybridized carbons (Fsp3) is 0.136. The molecule has 0 amide bonds. The van der Waals surface area contributed by atoms with Crippen LogP contribution in [0.25, 0.3) is 10.9 Å². The van der Waals surface area contributed by atoms with Crippen LogP contribution in [0.2, 0.25) is 0 Å². The first-order valence-electron chi connectivity index (χ1n) is 8.99. The third-order valence-electron chi connectivity index (χ3n) is 4.47. The van der Waals surface area contributed by atoms with Crippen LogP contribution in [0.15, 0.2) is 69.9 Å². The van der Waals surface area contributed by atoms with Crippen molar-refractivity contribution in [2.45, 2.75) is 6.42 Å². The summed E-state index contributed by atoms with van der Waals surface area (Å²) in [6, 6.07) is 16.8. The van der Waals surface area contributed by atoms with Crippen molar-refractivity contribution in [3.63, 3.8) is 0 Å². The topological polar surface area (TPSA) is 65.7 Å². The molecule has 0 aliphatic heterocycles. The quantitative estimate of drug-likeness (QED) is 0.456. The summed E-state index contributed by atoms with van der Waals surface area (Å²) < 4.78 is 12.1. The van der Waals surface area contributed by atoms with Crippen LogP contribution < -0.4 is 15.0 Å². The van der Waals surface area contributed by atoms with Gasteiger partial charge in [0.15, 0.2) is 11.5 Å². The van der Waals surface area contributed by atoms with E-state index in [1.54, 1.807) is 37.8 Å². The summed E-state index contributed by atoms with van der Waals surface area (Å²) >= 11 is 1.55. The van der Waals surface area contributed by atoms with Crippen LogP contribution in [-0.4, -0.2) is 30.1 Å². The molecule has 6 nitrogen and oxygen atoms in total. The zero-order valence-electron chi connectivity index (χ0n) is 16.0. The number of benzene rings is 2. The number of nitrogens with zero attached hydrogens (tertiary/aromatic N) is 3. The largest absolute Gasteiger partial charge is 0.493 e. The smallest absolute Gasteiger partial charge is 0.282 e. The second-order valence-corrected chi connectivity index (χ2v) is 7.27. The molecule has 0 bridgehead atoms. The van der Waals surface area contributed by atoms with Crippen LogP contribution in [0.1, 0.15) is 16.3 Å². The van der Waals surface area contributed by atoms with Crippen molar-refractivity contribution in [3.8, 4) is 11.5 Å². The average molecular weight is 405 g/mol. The van der Waals surface area contributed by atoms with Crippen LogP contribution >= 0.6 is 11.3 Å². The SMILES string of the molecule is COc1ccc(Cc2nc3ccccc3c(=O)n2/N=C/c2cccs2)cc1OC. The van der Waals surface area contributed by atoms with Gasteiger partial charge in [-0.1, -0.05) is 24.3 Å². The number of fused-ring (bicyclic) bond motifs is 1. The summed E-state index contributed by atoms with van der Waals surface area (Å²) in [7, 11) is 3.19. The van der Waals surface area contributed by atoms with Gasteiger partial charge in [0.2, 0.25) is 0 Å². The highest BCUT2D eigenvalue weighted by molar-refractivity contribution is 7.11. The molecule has 0 radical (unpaired) electrons. The van der Waals surface area contributed by atoms with Crippen LogP contribution in [0, 0.1) is 0 Å². The molecule has 4 aromatic rings. The van der Waals surface area contributed by atoms with E-state index in [0.29, 0.717) is 34.6 Å². The summed E-state index contributed by atoms with van der Waals surface area (Å²) in [5, 5.41) is 6.94. The number of para-hydroxylation sites is 1. The molecule has 7 heteroatoms. The Hall–Kier alpha value is -3.45. The lowest BCUT2D eigenvalue weighted by Gasteiger charge is -2.12. The number of methoxy groups -OCH3 is 2. The summed E-state index contributed by atoms with van der Waals surface area (Å²) in [5.41, 5.74) is 1.39. The van der Waals surface area contributed by atoms with E-state index >= 15 is 0 Å². The van der Waals surface area contributed by atoms with Gasteiger partial charge in [0, 0.05) is 11.3 Å². The standard InChI is InChI=1S/C22H19N3O3S/c1-27-19-10-9-15(12-20(19)28-2)13-21-24-18-8-4-3-7-17(18)22(26)25(21)23-14-16-6-5-11-29-16/h3-12,14H,13H2,1-2H3/b23-14+. The molecule has 0 spiro atoms. The third-order valence-corrected chi connectivity index (χ3v) is 5.28. The lowest BCUT2D eigenvalue weighted by molar-refractivity contribution is 0.354. The molecule has 0 fully saturated rings. The molecule has 0 saturated carbocycles. The molecule has 0 aliphatic carbocycles. The minimum atomic E-state index is -0.195. The van der Waals surface area contributed by atoms with Gasteiger partial charge in [-0.25, -0.2) is 4.98 Å². The van der Waals surface area contributed by atoms with E-state index < -0.39 is 0 Å². The Bertz CT molecular complexity index is 1230. The Kier molecular flexibility index (Phi) is 5.39. The van der Waals surface area contributed by atoms with Crippen LogP contribution in [-0.2, 0) is 6.42 Å². The van der Waals surface area contributed by atoms with Gasteiger partial charge in [0.25, 0.3) is 5.56 Å². The zero-order chi connectivity index (χ0) is 20.2. The van der Waals surface area contributed by atoms with Gasteiger partial charge in [-0.05, 0) is 41.3 Å². The normalized spacial score (nSPS) is 11.2. The second kappa shape index (κ2) is 8.28. The van der Waals surface area contributed by atoms with Gasteiger partial charge >= 0.3 is 0 Å². The van der Waals surface area contributed by atoms with Crippen molar-refractivity contribution in [1.29, 1.82) is 0 Å². The molecule has 0 aliphatic rings.